The lowest BCUT2D eigenvalue weighted by molar-refractivity contribution is -0.144. The van der Waals surface area contributed by atoms with Crippen LogP contribution in [0.4, 0.5) is 5.69 Å². The number of amides is 1. The van der Waals surface area contributed by atoms with E-state index < -0.39 is 24.5 Å². The van der Waals surface area contributed by atoms with Gasteiger partial charge in [0.15, 0.2) is 6.61 Å². The number of esters is 2. The first-order valence-electron chi connectivity index (χ1n) is 8.61. The summed E-state index contributed by atoms with van der Waals surface area (Å²) in [6, 6.07) is 16.0. The molecule has 0 saturated carbocycles. The zero-order valence-corrected chi connectivity index (χ0v) is 16.9. The first-order chi connectivity index (χ1) is 13.5. The maximum atomic E-state index is 12.5. The number of carbonyl (C=O) groups is 3. The lowest BCUT2D eigenvalue weighted by Crippen LogP contribution is -2.39. The van der Waals surface area contributed by atoms with Crippen LogP contribution in [0.15, 0.2) is 65.1 Å². The molecule has 0 N–H and O–H groups in total. The van der Waals surface area contributed by atoms with Gasteiger partial charge in [0.05, 0.1) is 6.61 Å². The second-order valence-corrected chi connectivity index (χ2v) is 6.53. The monoisotopic (exact) mass is 445 g/mol. The molecule has 0 radical (unpaired) electrons. The van der Waals surface area contributed by atoms with E-state index in [0.29, 0.717) is 5.69 Å². The molecule has 28 heavy (non-hydrogen) atoms. The predicted octanol–water partition coefficient (Wildman–Crippen LogP) is 3.60. The Morgan fingerprint density at radius 1 is 1.00 bits per heavy atom. The fourth-order valence-electron chi connectivity index (χ4n) is 2.26. The average molecular weight is 446 g/mol. The second-order valence-electron chi connectivity index (χ2n) is 5.61. The van der Waals surface area contributed by atoms with Crippen molar-refractivity contribution in [2.24, 2.45) is 0 Å². The summed E-state index contributed by atoms with van der Waals surface area (Å²) in [4.78, 5) is 37.4. The van der Waals surface area contributed by atoms with Crippen molar-refractivity contribution in [3.63, 3.8) is 0 Å². The number of para-hydroxylation sites is 1. The SMILES string of the molecule is CCOC(=O)CN(C(=O)COC(=O)C=Cc1ccc(Br)cc1)c1ccccc1. The van der Waals surface area contributed by atoms with Crippen LogP contribution in [-0.2, 0) is 23.9 Å². The Morgan fingerprint density at radius 2 is 1.68 bits per heavy atom. The van der Waals surface area contributed by atoms with Crippen molar-refractivity contribution in [3.8, 4) is 0 Å². The van der Waals surface area contributed by atoms with Gasteiger partial charge in [-0.3, -0.25) is 14.5 Å². The van der Waals surface area contributed by atoms with Gasteiger partial charge < -0.3 is 9.47 Å². The number of halogens is 1. The Balaban J connectivity index is 1.97. The van der Waals surface area contributed by atoms with Gasteiger partial charge in [-0.15, -0.1) is 0 Å². The number of carbonyl (C=O) groups excluding carboxylic acids is 3. The number of ether oxygens (including phenoxy) is 2. The highest BCUT2D eigenvalue weighted by atomic mass is 79.9. The Hall–Kier alpha value is -2.93. The zero-order chi connectivity index (χ0) is 20.4. The highest BCUT2D eigenvalue weighted by Crippen LogP contribution is 2.14. The van der Waals surface area contributed by atoms with Gasteiger partial charge in [0.25, 0.3) is 5.91 Å². The topological polar surface area (TPSA) is 72.9 Å². The molecule has 0 aliphatic heterocycles. The summed E-state index contributed by atoms with van der Waals surface area (Å²) < 4.78 is 10.9. The molecule has 0 aliphatic carbocycles. The van der Waals surface area contributed by atoms with Crippen molar-refractivity contribution in [1.29, 1.82) is 0 Å². The van der Waals surface area contributed by atoms with E-state index in [1.807, 2.05) is 24.3 Å². The molecule has 0 aliphatic rings. The summed E-state index contributed by atoms with van der Waals surface area (Å²) in [7, 11) is 0. The van der Waals surface area contributed by atoms with E-state index >= 15 is 0 Å². The Morgan fingerprint density at radius 3 is 2.32 bits per heavy atom. The van der Waals surface area contributed by atoms with Crippen LogP contribution in [0.5, 0.6) is 0 Å². The normalized spacial score (nSPS) is 10.5. The van der Waals surface area contributed by atoms with Crippen molar-refractivity contribution in [2.45, 2.75) is 6.92 Å². The molecular weight excluding hydrogens is 426 g/mol. The lowest BCUT2D eigenvalue weighted by Gasteiger charge is -2.21. The molecular formula is C21H20BrNO5. The van der Waals surface area contributed by atoms with Gasteiger partial charge in [0.1, 0.15) is 6.54 Å². The number of hydrogen-bond acceptors (Lipinski definition) is 5. The van der Waals surface area contributed by atoms with Crippen LogP contribution in [0.25, 0.3) is 6.08 Å². The summed E-state index contributed by atoms with van der Waals surface area (Å²) in [6.45, 7) is 1.15. The highest BCUT2D eigenvalue weighted by molar-refractivity contribution is 9.10. The Bertz CT molecular complexity index is 834. The van der Waals surface area contributed by atoms with Gasteiger partial charge in [-0.1, -0.05) is 46.3 Å². The van der Waals surface area contributed by atoms with Crippen LogP contribution in [0.2, 0.25) is 0 Å². The van der Waals surface area contributed by atoms with Crippen LogP contribution in [0.1, 0.15) is 12.5 Å². The van der Waals surface area contributed by atoms with Crippen LogP contribution < -0.4 is 4.90 Å². The standard InChI is InChI=1S/C21H20BrNO5/c1-2-27-21(26)14-23(18-6-4-3-5-7-18)19(24)15-28-20(25)13-10-16-8-11-17(22)12-9-16/h3-13H,2,14-15H2,1H3. The van der Waals surface area contributed by atoms with E-state index in [-0.39, 0.29) is 13.2 Å². The molecule has 0 bridgehead atoms. The van der Waals surface area contributed by atoms with E-state index in [4.69, 9.17) is 9.47 Å². The van der Waals surface area contributed by atoms with Gasteiger partial charge >= 0.3 is 11.9 Å². The number of nitrogens with zero attached hydrogens (tertiary/aromatic N) is 1. The fraction of sp³-hybridized carbons (Fsp3) is 0.190. The van der Waals surface area contributed by atoms with Crippen molar-refractivity contribution in [3.05, 3.63) is 70.7 Å². The smallest absolute Gasteiger partial charge is 0.331 e. The minimum Gasteiger partial charge on any atom is -0.465 e. The van der Waals surface area contributed by atoms with E-state index in [0.717, 1.165) is 10.0 Å². The van der Waals surface area contributed by atoms with Gasteiger partial charge in [-0.25, -0.2) is 4.79 Å². The largest absolute Gasteiger partial charge is 0.465 e. The summed E-state index contributed by atoms with van der Waals surface area (Å²) >= 11 is 3.33. The van der Waals surface area contributed by atoms with Crippen molar-refractivity contribution in [2.75, 3.05) is 24.7 Å². The number of hydrogen-bond donors (Lipinski definition) is 0. The van der Waals surface area contributed by atoms with Crippen LogP contribution in [0.3, 0.4) is 0 Å². The third-order valence-electron chi connectivity index (χ3n) is 3.58. The maximum absolute atomic E-state index is 12.5. The molecule has 0 heterocycles. The first-order valence-corrected chi connectivity index (χ1v) is 9.40. The van der Waals surface area contributed by atoms with Gasteiger partial charge in [-0.2, -0.15) is 0 Å². The fourth-order valence-corrected chi connectivity index (χ4v) is 2.53. The van der Waals surface area contributed by atoms with Gasteiger partial charge in [0, 0.05) is 16.2 Å². The van der Waals surface area contributed by atoms with E-state index in [1.165, 1.54) is 11.0 Å². The molecule has 0 fully saturated rings. The summed E-state index contributed by atoms with van der Waals surface area (Å²) in [5.74, 6) is -1.72. The van der Waals surface area contributed by atoms with Crippen LogP contribution in [0, 0.1) is 0 Å². The molecule has 2 aromatic rings. The molecule has 0 saturated heterocycles. The highest BCUT2D eigenvalue weighted by Gasteiger charge is 2.20. The molecule has 2 aromatic carbocycles. The molecule has 146 valence electrons. The molecule has 0 spiro atoms. The maximum Gasteiger partial charge on any atom is 0.331 e. The van der Waals surface area contributed by atoms with Crippen molar-refractivity contribution >= 4 is 45.5 Å². The van der Waals surface area contributed by atoms with E-state index in [2.05, 4.69) is 15.9 Å². The number of benzene rings is 2. The quantitative estimate of drug-likeness (QED) is 0.458. The van der Waals surface area contributed by atoms with Crippen LogP contribution >= 0.6 is 15.9 Å². The number of anilines is 1. The average Bonchev–Trinajstić information content (AvgIpc) is 2.70. The third kappa shape index (κ3) is 7.00. The molecule has 0 unspecified atom stereocenters. The van der Waals surface area contributed by atoms with Gasteiger partial charge in [-0.05, 0) is 42.8 Å². The summed E-state index contributed by atoms with van der Waals surface area (Å²) in [6.07, 6.45) is 2.83. The number of rotatable bonds is 8. The Kier molecular flexibility index (Phi) is 8.42. The molecule has 6 nitrogen and oxygen atoms in total. The third-order valence-corrected chi connectivity index (χ3v) is 4.11. The molecule has 0 atom stereocenters. The van der Waals surface area contributed by atoms with Gasteiger partial charge in [0.2, 0.25) is 0 Å². The molecule has 2 rings (SSSR count). The lowest BCUT2D eigenvalue weighted by atomic mass is 10.2. The van der Waals surface area contributed by atoms with Crippen molar-refractivity contribution in [1.82, 2.24) is 0 Å². The van der Waals surface area contributed by atoms with E-state index in [1.54, 1.807) is 43.3 Å². The summed E-state index contributed by atoms with van der Waals surface area (Å²) in [5, 5.41) is 0. The Labute approximate surface area is 171 Å². The van der Waals surface area contributed by atoms with Crippen molar-refractivity contribution < 1.29 is 23.9 Å². The summed E-state index contributed by atoms with van der Waals surface area (Å²) in [5.41, 5.74) is 1.33. The second kappa shape index (κ2) is 11.0. The van der Waals surface area contributed by atoms with Crippen LogP contribution in [-0.4, -0.2) is 37.6 Å². The van der Waals surface area contributed by atoms with E-state index in [9.17, 15) is 14.4 Å². The minimum absolute atomic E-state index is 0.214. The first kappa shape index (κ1) is 21.4. The molecule has 0 aromatic heterocycles. The molecule has 1 amide bonds. The zero-order valence-electron chi connectivity index (χ0n) is 15.3. The minimum atomic E-state index is -0.652. The molecule has 7 heteroatoms. The predicted molar refractivity (Wildman–Crippen MR) is 110 cm³/mol.